The molecule has 1 aliphatic heterocycles. The van der Waals surface area contributed by atoms with Crippen LogP contribution in [0, 0.1) is 0 Å². The average molecular weight is 374 g/mol. The number of rotatable bonds is 3. The number of benzene rings is 1. The number of halogens is 2. The van der Waals surface area contributed by atoms with E-state index in [1.54, 1.807) is 0 Å². The van der Waals surface area contributed by atoms with Crippen LogP contribution in [-0.4, -0.2) is 42.0 Å². The Bertz CT molecular complexity index is 615. The van der Waals surface area contributed by atoms with Gasteiger partial charge in [0, 0.05) is 24.0 Å². The molecule has 1 aliphatic rings. The molecule has 1 aromatic carbocycles. The van der Waals surface area contributed by atoms with Gasteiger partial charge in [0.15, 0.2) is 0 Å². The van der Waals surface area contributed by atoms with Gasteiger partial charge in [0.2, 0.25) is 0 Å². The summed E-state index contributed by atoms with van der Waals surface area (Å²) in [6, 6.07) is 10.3. The lowest BCUT2D eigenvalue weighted by molar-refractivity contribution is 0.0698. The Labute approximate surface area is 153 Å². The van der Waals surface area contributed by atoms with Crippen LogP contribution in [-0.2, 0) is 0 Å². The lowest BCUT2D eigenvalue weighted by Gasteiger charge is -2.31. The van der Waals surface area contributed by atoms with Gasteiger partial charge in [0.25, 0.3) is 5.91 Å². The molecule has 126 valence electrons. The lowest BCUT2D eigenvalue weighted by atomic mass is 10.1. The van der Waals surface area contributed by atoms with Gasteiger partial charge in [0.05, 0.1) is 0 Å². The van der Waals surface area contributed by atoms with Gasteiger partial charge in [-0.25, -0.2) is 4.98 Å². The molecule has 1 aromatic heterocycles. The van der Waals surface area contributed by atoms with Crippen LogP contribution in [0.25, 0.3) is 10.6 Å². The maximum absolute atomic E-state index is 12.5. The summed E-state index contributed by atoms with van der Waals surface area (Å²) in [5, 5.41) is 6.09. The number of carbonyl (C=O) groups excluding carboxylic acids is 1. The SMILES string of the molecule is CN(C(=O)c1csc(-c2ccccc2)n1)C1CCNCC1.Cl.Cl. The highest BCUT2D eigenvalue weighted by Gasteiger charge is 2.24. The van der Waals surface area contributed by atoms with Gasteiger partial charge in [-0.3, -0.25) is 4.79 Å². The molecule has 0 saturated carbocycles. The Kier molecular flexibility index (Phi) is 7.99. The second-order valence-corrected chi connectivity index (χ2v) is 6.16. The molecule has 7 heteroatoms. The van der Waals surface area contributed by atoms with Crippen LogP contribution in [0.2, 0.25) is 0 Å². The normalized spacial score (nSPS) is 14.5. The molecule has 0 aliphatic carbocycles. The topological polar surface area (TPSA) is 45.2 Å². The van der Waals surface area contributed by atoms with Gasteiger partial charge in [-0.15, -0.1) is 36.2 Å². The molecule has 1 N–H and O–H groups in total. The van der Waals surface area contributed by atoms with Crippen LogP contribution in [0.4, 0.5) is 0 Å². The molecule has 2 heterocycles. The Morgan fingerprint density at radius 1 is 1.22 bits per heavy atom. The van der Waals surface area contributed by atoms with Crippen LogP contribution >= 0.6 is 36.2 Å². The van der Waals surface area contributed by atoms with Crippen molar-refractivity contribution >= 4 is 42.1 Å². The first kappa shape index (κ1) is 19.9. The fourth-order valence-electron chi connectivity index (χ4n) is 2.63. The summed E-state index contributed by atoms with van der Waals surface area (Å²) in [4.78, 5) is 18.9. The van der Waals surface area contributed by atoms with E-state index < -0.39 is 0 Å². The first-order chi connectivity index (χ1) is 10.3. The van der Waals surface area contributed by atoms with E-state index in [1.807, 2.05) is 47.7 Å². The molecule has 0 unspecified atom stereocenters. The highest BCUT2D eigenvalue weighted by atomic mass is 35.5. The second kappa shape index (κ2) is 9.23. The summed E-state index contributed by atoms with van der Waals surface area (Å²) < 4.78 is 0. The van der Waals surface area contributed by atoms with Gasteiger partial charge in [0.1, 0.15) is 10.7 Å². The number of nitrogens with one attached hydrogen (secondary N) is 1. The molecule has 1 amide bonds. The van der Waals surface area contributed by atoms with Crippen molar-refractivity contribution in [3.05, 3.63) is 41.4 Å². The number of hydrogen-bond donors (Lipinski definition) is 1. The number of aromatic nitrogens is 1. The molecular weight excluding hydrogens is 353 g/mol. The molecule has 2 aromatic rings. The third kappa shape index (κ3) is 4.67. The van der Waals surface area contributed by atoms with Gasteiger partial charge < -0.3 is 10.2 Å². The predicted molar refractivity (Wildman–Crippen MR) is 100 cm³/mol. The van der Waals surface area contributed by atoms with Gasteiger partial charge in [-0.1, -0.05) is 30.3 Å². The van der Waals surface area contributed by atoms with E-state index in [2.05, 4.69) is 10.3 Å². The van der Waals surface area contributed by atoms with Crippen LogP contribution in [0.3, 0.4) is 0 Å². The first-order valence-corrected chi connectivity index (χ1v) is 8.12. The molecule has 0 bridgehead atoms. The minimum absolute atomic E-state index is 0. The smallest absolute Gasteiger partial charge is 0.273 e. The van der Waals surface area contributed by atoms with Gasteiger partial charge in [-0.2, -0.15) is 0 Å². The lowest BCUT2D eigenvalue weighted by Crippen LogP contribution is -2.44. The summed E-state index contributed by atoms with van der Waals surface area (Å²) in [5.41, 5.74) is 1.62. The van der Waals surface area contributed by atoms with Crippen molar-refractivity contribution in [3.8, 4) is 10.6 Å². The molecule has 3 rings (SSSR count). The number of hydrogen-bond acceptors (Lipinski definition) is 4. The maximum atomic E-state index is 12.5. The molecule has 4 nitrogen and oxygen atoms in total. The van der Waals surface area contributed by atoms with Crippen molar-refractivity contribution < 1.29 is 4.79 Å². The zero-order valence-electron chi connectivity index (χ0n) is 12.9. The van der Waals surface area contributed by atoms with Crippen LogP contribution in [0.15, 0.2) is 35.7 Å². The Morgan fingerprint density at radius 3 is 2.52 bits per heavy atom. The minimum Gasteiger partial charge on any atom is -0.337 e. The molecule has 1 fully saturated rings. The molecule has 1 saturated heterocycles. The molecule has 0 spiro atoms. The number of nitrogens with zero attached hydrogens (tertiary/aromatic N) is 2. The van der Waals surface area contributed by atoms with Crippen molar-refractivity contribution in [3.63, 3.8) is 0 Å². The molecule has 23 heavy (non-hydrogen) atoms. The standard InChI is InChI=1S/C16H19N3OS.2ClH/c1-19(13-7-9-17-10-8-13)16(20)14-11-21-15(18-14)12-5-3-2-4-6-12;;/h2-6,11,13,17H,7-10H2,1H3;2*1H. The van der Waals surface area contributed by atoms with E-state index >= 15 is 0 Å². The van der Waals surface area contributed by atoms with Gasteiger partial charge >= 0.3 is 0 Å². The monoisotopic (exact) mass is 373 g/mol. The highest BCUT2D eigenvalue weighted by Crippen LogP contribution is 2.24. The predicted octanol–water partition coefficient (Wildman–Crippen LogP) is 3.48. The van der Waals surface area contributed by atoms with E-state index in [9.17, 15) is 4.79 Å². The zero-order valence-corrected chi connectivity index (χ0v) is 15.3. The third-order valence-corrected chi connectivity index (χ3v) is 4.81. The van der Waals surface area contributed by atoms with Crippen LogP contribution in [0.1, 0.15) is 23.3 Å². The largest absolute Gasteiger partial charge is 0.337 e. The van der Waals surface area contributed by atoms with E-state index in [0.29, 0.717) is 11.7 Å². The van der Waals surface area contributed by atoms with E-state index in [-0.39, 0.29) is 30.7 Å². The summed E-state index contributed by atoms with van der Waals surface area (Å²) in [6.45, 7) is 1.96. The summed E-state index contributed by atoms with van der Waals surface area (Å²) in [6.07, 6.45) is 2.02. The van der Waals surface area contributed by atoms with E-state index in [1.165, 1.54) is 11.3 Å². The van der Waals surface area contributed by atoms with Crippen LogP contribution < -0.4 is 5.32 Å². The van der Waals surface area contributed by atoms with Crippen molar-refractivity contribution in [1.82, 2.24) is 15.2 Å². The summed E-state index contributed by atoms with van der Waals surface area (Å²) in [5.74, 6) is 0.0281. The fraction of sp³-hybridized carbons (Fsp3) is 0.375. The van der Waals surface area contributed by atoms with Crippen molar-refractivity contribution in [2.75, 3.05) is 20.1 Å². The zero-order chi connectivity index (χ0) is 14.7. The van der Waals surface area contributed by atoms with Crippen molar-refractivity contribution in [1.29, 1.82) is 0 Å². The fourth-order valence-corrected chi connectivity index (χ4v) is 3.43. The number of piperidine rings is 1. The number of carbonyl (C=O) groups is 1. The molecular formula is C16H21Cl2N3OS. The maximum Gasteiger partial charge on any atom is 0.273 e. The highest BCUT2D eigenvalue weighted by molar-refractivity contribution is 7.13. The van der Waals surface area contributed by atoms with Crippen molar-refractivity contribution in [2.24, 2.45) is 0 Å². The average Bonchev–Trinajstić information content (AvgIpc) is 3.05. The minimum atomic E-state index is 0. The Balaban J connectivity index is 0.00000132. The quantitative estimate of drug-likeness (QED) is 0.895. The summed E-state index contributed by atoms with van der Waals surface area (Å²) in [7, 11) is 1.89. The van der Waals surface area contributed by atoms with E-state index in [4.69, 9.17) is 0 Å². The van der Waals surface area contributed by atoms with Gasteiger partial charge in [-0.05, 0) is 25.9 Å². The molecule has 0 radical (unpaired) electrons. The Morgan fingerprint density at radius 2 is 1.87 bits per heavy atom. The van der Waals surface area contributed by atoms with E-state index in [0.717, 1.165) is 36.5 Å². The third-order valence-electron chi connectivity index (χ3n) is 3.92. The first-order valence-electron chi connectivity index (χ1n) is 7.24. The number of amides is 1. The van der Waals surface area contributed by atoms with Crippen LogP contribution in [0.5, 0.6) is 0 Å². The molecule has 0 atom stereocenters. The number of thiazole rings is 1. The van der Waals surface area contributed by atoms with Crippen molar-refractivity contribution in [2.45, 2.75) is 18.9 Å². The Hall–Kier alpha value is -1.14. The second-order valence-electron chi connectivity index (χ2n) is 5.30. The summed E-state index contributed by atoms with van der Waals surface area (Å²) >= 11 is 1.52.